The van der Waals surface area contributed by atoms with E-state index in [1.54, 1.807) is 19.2 Å². The van der Waals surface area contributed by atoms with Crippen molar-refractivity contribution >= 4 is 29.9 Å². The number of methoxy groups -OCH3 is 1. The van der Waals surface area contributed by atoms with Crippen molar-refractivity contribution in [3.63, 3.8) is 0 Å². The average Bonchev–Trinajstić information content (AvgIpc) is 2.56. The molecule has 0 aliphatic heterocycles. The van der Waals surface area contributed by atoms with E-state index in [0.717, 1.165) is 5.56 Å². The van der Waals surface area contributed by atoms with Gasteiger partial charge < -0.3 is 20.5 Å². The Bertz CT molecular complexity index is 663. The molecule has 0 aromatic heterocycles. The fourth-order valence-electron chi connectivity index (χ4n) is 2.07. The van der Waals surface area contributed by atoms with Crippen molar-refractivity contribution in [3.8, 4) is 11.5 Å². The molecule has 25 heavy (non-hydrogen) atoms. The van der Waals surface area contributed by atoms with E-state index in [4.69, 9.17) is 15.2 Å². The fourth-order valence-corrected chi connectivity index (χ4v) is 2.07. The van der Waals surface area contributed by atoms with Crippen LogP contribution in [0.5, 0.6) is 11.5 Å². The zero-order valence-corrected chi connectivity index (χ0v) is 16.6. The van der Waals surface area contributed by atoms with E-state index >= 15 is 0 Å². The predicted octanol–water partition coefficient (Wildman–Crippen LogP) is 3.68. The first-order valence-electron chi connectivity index (χ1n) is 7.64. The van der Waals surface area contributed by atoms with Gasteiger partial charge in [0.25, 0.3) is 0 Å². The quantitative estimate of drug-likeness (QED) is 0.377. The highest BCUT2D eigenvalue weighted by Crippen LogP contribution is 2.22. The molecule has 7 heteroatoms. The maximum absolute atomic E-state index is 12.9. The Balaban J connectivity index is 0.00000312. The topological polar surface area (TPSA) is 68.9 Å². The lowest BCUT2D eigenvalue weighted by atomic mass is 10.2. The third kappa shape index (κ3) is 7.70. The number of nitrogens with zero attached hydrogens (tertiary/aromatic N) is 1. The first-order chi connectivity index (χ1) is 11.6. The minimum atomic E-state index is -0.290. The predicted molar refractivity (Wildman–Crippen MR) is 108 cm³/mol. The van der Waals surface area contributed by atoms with E-state index in [0.29, 0.717) is 30.6 Å². The van der Waals surface area contributed by atoms with Crippen LogP contribution in [0.3, 0.4) is 0 Å². The summed E-state index contributed by atoms with van der Waals surface area (Å²) < 4.78 is 23.5. The van der Waals surface area contributed by atoms with Gasteiger partial charge in [0.2, 0.25) is 0 Å². The van der Waals surface area contributed by atoms with Crippen molar-refractivity contribution in [3.05, 3.63) is 59.9 Å². The summed E-state index contributed by atoms with van der Waals surface area (Å²) in [5.74, 6) is 1.35. The Morgan fingerprint density at radius 2 is 1.68 bits per heavy atom. The number of aliphatic imine (C=N–C) groups is 1. The molecule has 5 nitrogen and oxygen atoms in total. The van der Waals surface area contributed by atoms with Crippen LogP contribution in [-0.4, -0.2) is 25.7 Å². The molecule has 2 rings (SSSR count). The lowest BCUT2D eigenvalue weighted by molar-refractivity contribution is 0.179. The standard InChI is InChI=1S/C18H22FN3O2.HI/c1-13(12-23-2)22-18(20)21-11-14-3-7-16(8-4-14)24-17-9-5-15(19)6-10-17;/h3-10,13H,11-12H2,1-2H3,(H3,20,21,22);1H. The fraction of sp³-hybridized carbons (Fsp3) is 0.278. The molecule has 1 atom stereocenters. The van der Waals surface area contributed by atoms with Crippen molar-refractivity contribution in [2.75, 3.05) is 13.7 Å². The van der Waals surface area contributed by atoms with E-state index in [9.17, 15) is 4.39 Å². The second-order valence-corrected chi connectivity index (χ2v) is 5.40. The summed E-state index contributed by atoms with van der Waals surface area (Å²) in [6, 6.07) is 13.5. The molecule has 0 spiro atoms. The number of hydrogen-bond donors (Lipinski definition) is 2. The van der Waals surface area contributed by atoms with Crippen LogP contribution in [0.2, 0.25) is 0 Å². The normalized spacial score (nSPS) is 12.2. The van der Waals surface area contributed by atoms with Crippen LogP contribution >= 0.6 is 24.0 Å². The van der Waals surface area contributed by atoms with E-state index in [1.807, 2.05) is 31.2 Å². The van der Waals surface area contributed by atoms with E-state index in [2.05, 4.69) is 10.3 Å². The molecule has 3 N–H and O–H groups in total. The molecule has 0 bridgehead atoms. The SMILES string of the molecule is COCC(C)NC(N)=NCc1ccc(Oc2ccc(F)cc2)cc1.I. The van der Waals surface area contributed by atoms with Crippen LogP contribution in [0.4, 0.5) is 4.39 Å². The second kappa shape index (κ2) is 10.9. The van der Waals surface area contributed by atoms with Gasteiger partial charge in [-0.05, 0) is 48.9 Å². The summed E-state index contributed by atoms with van der Waals surface area (Å²) in [4.78, 5) is 4.29. The molecule has 0 aliphatic carbocycles. The van der Waals surface area contributed by atoms with Crippen molar-refractivity contribution in [2.45, 2.75) is 19.5 Å². The average molecular weight is 459 g/mol. The lowest BCUT2D eigenvalue weighted by Gasteiger charge is -2.13. The molecular weight excluding hydrogens is 436 g/mol. The monoisotopic (exact) mass is 459 g/mol. The van der Waals surface area contributed by atoms with Gasteiger partial charge in [0.15, 0.2) is 5.96 Å². The summed E-state index contributed by atoms with van der Waals surface area (Å²) in [6.07, 6.45) is 0. The molecule has 2 aromatic carbocycles. The van der Waals surface area contributed by atoms with Gasteiger partial charge in [-0.2, -0.15) is 0 Å². The van der Waals surface area contributed by atoms with Crippen LogP contribution < -0.4 is 15.8 Å². The van der Waals surface area contributed by atoms with Crippen molar-refractivity contribution in [2.24, 2.45) is 10.7 Å². The molecule has 136 valence electrons. The zero-order valence-electron chi connectivity index (χ0n) is 14.2. The van der Waals surface area contributed by atoms with Gasteiger partial charge in [0.1, 0.15) is 17.3 Å². The molecule has 0 aliphatic rings. The highest BCUT2D eigenvalue weighted by Gasteiger charge is 2.02. The molecule has 0 fully saturated rings. The highest BCUT2D eigenvalue weighted by atomic mass is 127. The zero-order chi connectivity index (χ0) is 17.4. The molecule has 0 heterocycles. The van der Waals surface area contributed by atoms with Gasteiger partial charge in [-0.3, -0.25) is 0 Å². The van der Waals surface area contributed by atoms with Gasteiger partial charge in [0.05, 0.1) is 13.2 Å². The molecule has 0 saturated heterocycles. The number of halogens is 2. The summed E-state index contributed by atoms with van der Waals surface area (Å²) in [5.41, 5.74) is 6.83. The summed E-state index contributed by atoms with van der Waals surface area (Å²) in [7, 11) is 1.64. The Morgan fingerprint density at radius 1 is 1.12 bits per heavy atom. The first kappa shape index (κ1) is 21.2. The largest absolute Gasteiger partial charge is 0.457 e. The number of rotatable bonds is 7. The van der Waals surface area contributed by atoms with E-state index < -0.39 is 0 Å². The van der Waals surface area contributed by atoms with E-state index in [1.165, 1.54) is 12.1 Å². The smallest absolute Gasteiger partial charge is 0.189 e. The van der Waals surface area contributed by atoms with Crippen LogP contribution in [0.15, 0.2) is 53.5 Å². The summed E-state index contributed by atoms with van der Waals surface area (Å²) >= 11 is 0. The van der Waals surface area contributed by atoms with Crippen LogP contribution in [0.1, 0.15) is 12.5 Å². The highest BCUT2D eigenvalue weighted by molar-refractivity contribution is 14.0. The molecule has 1 unspecified atom stereocenters. The first-order valence-corrected chi connectivity index (χ1v) is 7.64. The Morgan fingerprint density at radius 3 is 2.24 bits per heavy atom. The third-order valence-electron chi connectivity index (χ3n) is 3.22. The van der Waals surface area contributed by atoms with Crippen molar-refractivity contribution < 1.29 is 13.9 Å². The maximum Gasteiger partial charge on any atom is 0.189 e. The Hall–Kier alpha value is -1.87. The number of nitrogens with two attached hydrogens (primary N) is 1. The van der Waals surface area contributed by atoms with Crippen molar-refractivity contribution in [1.82, 2.24) is 5.32 Å². The number of guanidine groups is 1. The van der Waals surface area contributed by atoms with Gasteiger partial charge in [-0.1, -0.05) is 12.1 Å². The summed E-state index contributed by atoms with van der Waals surface area (Å²) in [5, 5.41) is 3.05. The van der Waals surface area contributed by atoms with Crippen LogP contribution in [0.25, 0.3) is 0 Å². The molecule has 0 saturated carbocycles. The Kier molecular flexibility index (Phi) is 9.22. The van der Waals surface area contributed by atoms with Crippen LogP contribution in [-0.2, 0) is 11.3 Å². The minimum Gasteiger partial charge on any atom is -0.457 e. The molecular formula is C18H23FIN3O2. The molecule has 0 radical (unpaired) electrons. The van der Waals surface area contributed by atoms with Gasteiger partial charge in [-0.15, -0.1) is 24.0 Å². The maximum atomic E-state index is 12.9. The number of nitrogens with one attached hydrogen (secondary N) is 1. The number of ether oxygens (including phenoxy) is 2. The second-order valence-electron chi connectivity index (χ2n) is 5.40. The Labute approximate surface area is 164 Å². The van der Waals surface area contributed by atoms with Gasteiger partial charge >= 0.3 is 0 Å². The molecule has 2 aromatic rings. The number of benzene rings is 2. The van der Waals surface area contributed by atoms with Gasteiger partial charge in [-0.25, -0.2) is 9.38 Å². The van der Waals surface area contributed by atoms with Crippen molar-refractivity contribution in [1.29, 1.82) is 0 Å². The summed E-state index contributed by atoms with van der Waals surface area (Å²) in [6.45, 7) is 2.99. The third-order valence-corrected chi connectivity index (χ3v) is 3.22. The van der Waals surface area contributed by atoms with Crippen LogP contribution in [0, 0.1) is 5.82 Å². The molecule has 0 amide bonds. The van der Waals surface area contributed by atoms with Gasteiger partial charge in [0, 0.05) is 13.2 Å². The number of hydrogen-bond acceptors (Lipinski definition) is 3. The lowest BCUT2D eigenvalue weighted by Crippen LogP contribution is -2.40. The van der Waals surface area contributed by atoms with E-state index in [-0.39, 0.29) is 35.8 Å². The minimum absolute atomic E-state index is 0.